The first-order valence-electron chi connectivity index (χ1n) is 9.14. The summed E-state index contributed by atoms with van der Waals surface area (Å²) in [5.74, 6) is -2.16. The highest BCUT2D eigenvalue weighted by molar-refractivity contribution is 5.85. The van der Waals surface area contributed by atoms with Gasteiger partial charge in [-0.15, -0.1) is 17.5 Å². The van der Waals surface area contributed by atoms with Crippen LogP contribution in [0.2, 0.25) is 0 Å². The zero-order valence-corrected chi connectivity index (χ0v) is 16.7. The molecule has 0 amide bonds. The maximum absolute atomic E-state index is 14.4. The summed E-state index contributed by atoms with van der Waals surface area (Å²) >= 11 is 0. The van der Waals surface area contributed by atoms with Crippen molar-refractivity contribution < 1.29 is 22.0 Å². The fourth-order valence-corrected chi connectivity index (χ4v) is 3.89. The van der Waals surface area contributed by atoms with Gasteiger partial charge in [0.05, 0.1) is 5.69 Å². The van der Waals surface area contributed by atoms with Crippen LogP contribution in [0.5, 0.6) is 0 Å². The van der Waals surface area contributed by atoms with Crippen LogP contribution in [-0.2, 0) is 6.18 Å². The number of alkyl halides is 3. The van der Waals surface area contributed by atoms with E-state index >= 15 is 0 Å². The molecule has 3 atom stereocenters. The topological polar surface area (TPSA) is 83.0 Å². The van der Waals surface area contributed by atoms with Gasteiger partial charge in [0.15, 0.2) is 0 Å². The van der Waals surface area contributed by atoms with E-state index in [4.69, 9.17) is 4.42 Å². The number of aromatic amines is 1. The molecule has 2 aromatic rings. The molecule has 1 fully saturated rings. The number of nitrogens with one attached hydrogen (secondary N) is 3. The van der Waals surface area contributed by atoms with Crippen molar-refractivity contribution in [2.24, 2.45) is 11.8 Å². The monoisotopic (exact) mass is 438 g/mol. The molecule has 162 valence electrons. The maximum Gasteiger partial charge on any atom is 0.434 e. The van der Waals surface area contributed by atoms with Crippen LogP contribution in [0.15, 0.2) is 21.3 Å². The highest BCUT2D eigenvalue weighted by Gasteiger charge is 2.39. The number of hydrogen-bond donors (Lipinski definition) is 3. The van der Waals surface area contributed by atoms with Crippen LogP contribution in [0.4, 0.5) is 23.2 Å². The summed E-state index contributed by atoms with van der Waals surface area (Å²) in [5.41, 5.74) is -1.83. The number of anilines is 1. The van der Waals surface area contributed by atoms with Gasteiger partial charge >= 0.3 is 11.9 Å². The van der Waals surface area contributed by atoms with E-state index in [1.165, 1.54) is 0 Å². The third-order valence-corrected chi connectivity index (χ3v) is 5.28. The van der Waals surface area contributed by atoms with Gasteiger partial charge in [0.1, 0.15) is 11.4 Å². The van der Waals surface area contributed by atoms with E-state index < -0.39 is 29.0 Å². The lowest BCUT2D eigenvalue weighted by Crippen LogP contribution is -2.43. The molecule has 2 heterocycles. The Bertz CT molecular complexity index is 883. The first kappa shape index (κ1) is 23.2. The predicted octanol–water partition coefficient (Wildman–Crippen LogP) is 4.05. The first-order valence-corrected chi connectivity index (χ1v) is 9.14. The lowest BCUT2D eigenvalue weighted by atomic mass is 9.80. The van der Waals surface area contributed by atoms with Crippen molar-refractivity contribution in [3.05, 3.63) is 34.1 Å². The molecule has 1 aliphatic rings. The second-order valence-corrected chi connectivity index (χ2v) is 7.05. The van der Waals surface area contributed by atoms with Crippen LogP contribution >= 0.6 is 12.4 Å². The van der Waals surface area contributed by atoms with Gasteiger partial charge in [-0.2, -0.15) is 13.2 Å². The van der Waals surface area contributed by atoms with E-state index in [1.54, 1.807) is 6.92 Å². The van der Waals surface area contributed by atoms with Crippen molar-refractivity contribution in [3.63, 3.8) is 0 Å². The molecule has 0 aliphatic carbocycles. The second kappa shape index (κ2) is 9.17. The summed E-state index contributed by atoms with van der Waals surface area (Å²) in [6.45, 7) is 5.43. The average molecular weight is 439 g/mol. The molecule has 0 bridgehead atoms. The minimum absolute atomic E-state index is 0. The minimum atomic E-state index is -4.88. The molecule has 1 saturated heterocycles. The predicted molar refractivity (Wildman–Crippen MR) is 103 cm³/mol. The van der Waals surface area contributed by atoms with Crippen molar-refractivity contribution >= 4 is 18.1 Å². The number of halogens is 5. The van der Waals surface area contributed by atoms with Gasteiger partial charge in [-0.25, -0.2) is 14.3 Å². The maximum atomic E-state index is 14.4. The summed E-state index contributed by atoms with van der Waals surface area (Å²) in [7, 11) is 0. The van der Waals surface area contributed by atoms with Crippen LogP contribution < -0.4 is 16.4 Å². The largest absolute Gasteiger partial charge is 0.434 e. The Morgan fingerprint density at radius 3 is 2.69 bits per heavy atom. The van der Waals surface area contributed by atoms with Crippen LogP contribution in [0, 0.1) is 17.7 Å². The summed E-state index contributed by atoms with van der Waals surface area (Å²) in [6.07, 6.45) is -3.18. The van der Waals surface area contributed by atoms with E-state index in [1.807, 2.05) is 12.0 Å². The van der Waals surface area contributed by atoms with Gasteiger partial charge in [0.2, 0.25) is 5.89 Å². The average Bonchev–Trinajstić information content (AvgIpc) is 3.06. The summed E-state index contributed by atoms with van der Waals surface area (Å²) in [6, 6.07) is 1.47. The molecule has 3 N–H and O–H groups in total. The van der Waals surface area contributed by atoms with Crippen molar-refractivity contribution in [1.29, 1.82) is 0 Å². The molecular weight excluding hydrogens is 416 g/mol. The molecule has 0 radical (unpaired) electrons. The number of rotatable bonds is 5. The van der Waals surface area contributed by atoms with Crippen LogP contribution in [0.25, 0.3) is 11.5 Å². The van der Waals surface area contributed by atoms with E-state index in [2.05, 4.69) is 15.7 Å². The highest BCUT2D eigenvalue weighted by Crippen LogP contribution is 2.40. The van der Waals surface area contributed by atoms with Gasteiger partial charge in [-0.05, 0) is 50.4 Å². The van der Waals surface area contributed by atoms with E-state index in [0.717, 1.165) is 32.0 Å². The Balaban J connectivity index is 0.00000300. The fourth-order valence-electron chi connectivity index (χ4n) is 3.89. The van der Waals surface area contributed by atoms with Gasteiger partial charge < -0.3 is 15.1 Å². The third-order valence-electron chi connectivity index (χ3n) is 5.28. The van der Waals surface area contributed by atoms with Crippen molar-refractivity contribution in [2.45, 2.75) is 38.9 Å². The van der Waals surface area contributed by atoms with Gasteiger partial charge in [0.25, 0.3) is 0 Å². The summed E-state index contributed by atoms with van der Waals surface area (Å²) in [5, 5.41) is 11.7. The smallest absolute Gasteiger partial charge is 0.388 e. The highest BCUT2D eigenvalue weighted by atomic mass is 35.5. The van der Waals surface area contributed by atoms with Crippen LogP contribution in [-0.4, -0.2) is 29.3 Å². The van der Waals surface area contributed by atoms with Crippen LogP contribution in [0.3, 0.4) is 0 Å². The lowest BCUT2D eigenvalue weighted by Gasteiger charge is -2.37. The Morgan fingerprint density at radius 2 is 2.10 bits per heavy atom. The first-order chi connectivity index (χ1) is 13.2. The number of nitrogens with zero attached hydrogens (tertiary/aromatic N) is 1. The lowest BCUT2D eigenvalue weighted by molar-refractivity contribution is -0.139. The molecule has 1 aromatic carbocycles. The van der Waals surface area contributed by atoms with Crippen molar-refractivity contribution in [1.82, 2.24) is 15.5 Å². The zero-order valence-electron chi connectivity index (χ0n) is 15.9. The van der Waals surface area contributed by atoms with Gasteiger partial charge in [-0.3, -0.25) is 0 Å². The molecule has 11 heteroatoms. The number of benzene rings is 1. The Kier molecular flexibility index (Phi) is 7.34. The quantitative estimate of drug-likeness (QED) is 0.613. The normalized spacial score (nSPS) is 20.8. The molecule has 1 unspecified atom stereocenters. The standard InChI is InChI=1S/C18H22F4N4O2.ClH/c1-3-10-8-23-5-4-12(10)9(2)24-14-7-11(16-25-26-17(27)28-16)6-13(19)15(14)18(20,21)22;/h6-7,9-10,12,23-24H,3-5,8H2,1-2H3,(H,26,27);1H/t9?,10-,12-;/m1./s1. The van der Waals surface area contributed by atoms with Crippen LogP contribution in [0.1, 0.15) is 32.3 Å². The van der Waals surface area contributed by atoms with Gasteiger partial charge in [-0.1, -0.05) is 13.3 Å². The minimum Gasteiger partial charge on any atom is -0.388 e. The Labute approximate surface area is 170 Å². The molecule has 0 spiro atoms. The number of H-pyrrole nitrogens is 1. The third kappa shape index (κ3) is 5.11. The molecular formula is C18H23ClF4N4O2. The Morgan fingerprint density at radius 1 is 1.38 bits per heavy atom. The van der Waals surface area contributed by atoms with Crippen molar-refractivity contribution in [2.75, 3.05) is 18.4 Å². The number of piperidine rings is 1. The van der Waals surface area contributed by atoms with Gasteiger partial charge in [0, 0.05) is 11.6 Å². The summed E-state index contributed by atoms with van der Waals surface area (Å²) < 4.78 is 59.7. The molecule has 0 saturated carbocycles. The molecule has 1 aliphatic heterocycles. The molecule has 6 nitrogen and oxygen atoms in total. The van der Waals surface area contributed by atoms with E-state index in [0.29, 0.717) is 12.0 Å². The molecule has 1 aromatic heterocycles. The summed E-state index contributed by atoms with van der Waals surface area (Å²) in [4.78, 5) is 11.1. The second-order valence-electron chi connectivity index (χ2n) is 7.05. The zero-order chi connectivity index (χ0) is 20.5. The number of hydrogen-bond acceptors (Lipinski definition) is 5. The molecule has 3 rings (SSSR count). The number of aromatic nitrogens is 2. The molecule has 29 heavy (non-hydrogen) atoms. The fraction of sp³-hybridized carbons (Fsp3) is 0.556. The Hall–Kier alpha value is -2.07. The van der Waals surface area contributed by atoms with E-state index in [-0.39, 0.29) is 35.8 Å². The van der Waals surface area contributed by atoms with Crippen molar-refractivity contribution in [3.8, 4) is 11.5 Å². The SMILES string of the molecule is CC[C@@H]1CNCC[C@@H]1C(C)Nc1cc(-c2n[nH]c(=O)o2)cc(F)c1C(F)(F)F.Cl. The van der Waals surface area contributed by atoms with E-state index in [9.17, 15) is 22.4 Å².